The van der Waals surface area contributed by atoms with Crippen LogP contribution in [0.2, 0.25) is 0 Å². The van der Waals surface area contributed by atoms with E-state index in [0.29, 0.717) is 12.1 Å². The van der Waals surface area contributed by atoms with Gasteiger partial charge in [-0.3, -0.25) is 0 Å². The minimum Gasteiger partial charge on any atom is -0.373 e. The fraction of sp³-hybridized carbons (Fsp3) is 0.471. The van der Waals surface area contributed by atoms with E-state index in [1.54, 1.807) is 0 Å². The van der Waals surface area contributed by atoms with Gasteiger partial charge >= 0.3 is 6.03 Å². The van der Waals surface area contributed by atoms with Crippen LogP contribution in [0.1, 0.15) is 13.3 Å². The molecule has 1 aliphatic heterocycles. The molecule has 1 N–H and O–H groups in total. The van der Waals surface area contributed by atoms with Crippen molar-refractivity contribution in [3.05, 3.63) is 24.3 Å². The number of terminal acetylenes is 1. The molecule has 0 bridgehead atoms. The smallest absolute Gasteiger partial charge is 0.322 e. The number of nitrogens with zero attached hydrogens (tertiary/aromatic N) is 2. The lowest BCUT2D eigenvalue weighted by Crippen LogP contribution is -2.44. The first-order valence-corrected chi connectivity index (χ1v) is 9.71. The van der Waals surface area contributed by atoms with Crippen molar-refractivity contribution in [2.45, 2.75) is 19.4 Å². The van der Waals surface area contributed by atoms with E-state index in [1.807, 2.05) is 43.1 Å². The minimum absolute atomic E-state index is 0.0292. The molecule has 2 rings (SSSR count). The number of anilines is 2. The van der Waals surface area contributed by atoms with Crippen LogP contribution in [0.25, 0.3) is 0 Å². The molecule has 1 saturated heterocycles. The Morgan fingerprint density at radius 2 is 2.12 bits per heavy atom. The second kappa shape index (κ2) is 7.58. The first-order chi connectivity index (χ1) is 11.4. The highest BCUT2D eigenvalue weighted by molar-refractivity contribution is 7.91. The summed E-state index contributed by atoms with van der Waals surface area (Å²) in [7, 11) is -1.15. The summed E-state index contributed by atoms with van der Waals surface area (Å²) >= 11 is 0. The number of nitrogens with one attached hydrogen (secondary N) is 1. The van der Waals surface area contributed by atoms with Crippen LogP contribution < -0.4 is 10.2 Å². The van der Waals surface area contributed by atoms with E-state index in [4.69, 9.17) is 6.42 Å². The van der Waals surface area contributed by atoms with E-state index < -0.39 is 9.84 Å². The third-order valence-electron chi connectivity index (χ3n) is 4.20. The van der Waals surface area contributed by atoms with Crippen LogP contribution in [0.5, 0.6) is 0 Å². The lowest BCUT2D eigenvalue weighted by molar-refractivity contribution is 0.202. The Bertz CT molecular complexity index is 740. The summed E-state index contributed by atoms with van der Waals surface area (Å²) in [5, 5.41) is 2.87. The van der Waals surface area contributed by atoms with Crippen LogP contribution in [-0.2, 0) is 9.84 Å². The molecule has 2 amide bonds. The lowest BCUT2D eigenvalue weighted by atomic mass is 10.2. The fourth-order valence-electron chi connectivity index (χ4n) is 2.76. The molecule has 130 valence electrons. The molecule has 0 aromatic heterocycles. The Balaban J connectivity index is 2.19. The zero-order valence-electron chi connectivity index (χ0n) is 14.0. The third kappa shape index (κ3) is 4.20. The molecule has 1 heterocycles. The van der Waals surface area contributed by atoms with E-state index in [0.717, 1.165) is 12.2 Å². The monoisotopic (exact) mass is 349 g/mol. The molecule has 1 aromatic carbocycles. The molecule has 1 aliphatic rings. The average molecular weight is 349 g/mol. The predicted molar refractivity (Wildman–Crippen MR) is 97.0 cm³/mol. The highest BCUT2D eigenvalue weighted by atomic mass is 32.2. The van der Waals surface area contributed by atoms with Crippen LogP contribution in [-0.4, -0.2) is 57.0 Å². The van der Waals surface area contributed by atoms with E-state index in [9.17, 15) is 13.2 Å². The Hall–Kier alpha value is -2.20. The van der Waals surface area contributed by atoms with Gasteiger partial charge in [0.2, 0.25) is 0 Å². The van der Waals surface area contributed by atoms with E-state index in [-0.39, 0.29) is 30.1 Å². The average Bonchev–Trinajstić information content (AvgIpc) is 2.91. The van der Waals surface area contributed by atoms with E-state index in [1.165, 1.54) is 4.90 Å². The summed E-state index contributed by atoms with van der Waals surface area (Å²) in [5.74, 6) is 2.52. The number of rotatable bonds is 5. The van der Waals surface area contributed by atoms with Gasteiger partial charge in [-0.1, -0.05) is 18.1 Å². The number of amides is 2. The van der Waals surface area contributed by atoms with Crippen LogP contribution in [0.15, 0.2) is 24.3 Å². The maximum Gasteiger partial charge on any atom is 0.322 e. The van der Waals surface area contributed by atoms with Crippen molar-refractivity contribution >= 4 is 27.2 Å². The van der Waals surface area contributed by atoms with Crippen molar-refractivity contribution in [1.29, 1.82) is 0 Å². The van der Waals surface area contributed by atoms with Gasteiger partial charge in [0.1, 0.15) is 0 Å². The van der Waals surface area contributed by atoms with Gasteiger partial charge in [0.15, 0.2) is 9.84 Å². The van der Waals surface area contributed by atoms with Gasteiger partial charge in [0, 0.05) is 19.6 Å². The van der Waals surface area contributed by atoms with Crippen LogP contribution in [0, 0.1) is 12.3 Å². The van der Waals surface area contributed by atoms with Crippen LogP contribution in [0.3, 0.4) is 0 Å². The van der Waals surface area contributed by atoms with Gasteiger partial charge < -0.3 is 15.1 Å². The van der Waals surface area contributed by atoms with Crippen molar-refractivity contribution in [1.82, 2.24) is 4.90 Å². The van der Waals surface area contributed by atoms with E-state index in [2.05, 4.69) is 11.2 Å². The van der Waals surface area contributed by atoms with Crippen molar-refractivity contribution in [3.8, 4) is 12.3 Å². The SMILES string of the molecule is C#CCN(C(=O)Nc1ccccc1N(C)CC)C1CCS(=O)(=O)C1. The Labute approximate surface area is 143 Å². The number of benzene rings is 1. The molecule has 1 aromatic rings. The summed E-state index contributed by atoms with van der Waals surface area (Å²) in [6.45, 7) is 2.90. The summed E-state index contributed by atoms with van der Waals surface area (Å²) < 4.78 is 23.4. The molecule has 0 radical (unpaired) electrons. The standard InChI is InChI=1S/C17H23N3O3S/c1-4-11-20(14-10-12-24(22,23)13-14)17(21)18-15-8-6-7-9-16(15)19(3)5-2/h1,6-9,14H,5,10-13H2,2-3H3,(H,18,21). The van der Waals surface area contributed by atoms with Crippen LogP contribution in [0.4, 0.5) is 16.2 Å². The highest BCUT2D eigenvalue weighted by Gasteiger charge is 2.34. The van der Waals surface area contributed by atoms with Gasteiger partial charge in [-0.15, -0.1) is 6.42 Å². The molecule has 0 aliphatic carbocycles. The van der Waals surface area contributed by atoms with Gasteiger partial charge in [-0.2, -0.15) is 0 Å². The molecule has 1 fully saturated rings. The zero-order valence-corrected chi connectivity index (χ0v) is 14.8. The fourth-order valence-corrected chi connectivity index (χ4v) is 4.49. The van der Waals surface area contributed by atoms with Crippen molar-refractivity contribution in [2.75, 3.05) is 41.9 Å². The number of hydrogen-bond acceptors (Lipinski definition) is 4. The summed E-state index contributed by atoms with van der Waals surface area (Å²) in [6.07, 6.45) is 5.79. The highest BCUT2D eigenvalue weighted by Crippen LogP contribution is 2.25. The molecule has 0 spiro atoms. The number of urea groups is 1. The maximum atomic E-state index is 12.7. The first kappa shape index (κ1) is 18.1. The Morgan fingerprint density at radius 3 is 2.71 bits per heavy atom. The number of sulfone groups is 1. The van der Waals surface area contributed by atoms with Gasteiger partial charge in [0.25, 0.3) is 0 Å². The number of hydrogen-bond donors (Lipinski definition) is 1. The molecule has 24 heavy (non-hydrogen) atoms. The molecule has 6 nitrogen and oxygen atoms in total. The lowest BCUT2D eigenvalue weighted by Gasteiger charge is -2.28. The quantitative estimate of drug-likeness (QED) is 0.823. The molecule has 1 unspecified atom stereocenters. The number of para-hydroxylation sites is 2. The van der Waals surface area contributed by atoms with Crippen molar-refractivity contribution in [3.63, 3.8) is 0 Å². The molecule has 0 saturated carbocycles. The Morgan fingerprint density at radius 1 is 1.42 bits per heavy atom. The largest absolute Gasteiger partial charge is 0.373 e. The van der Waals surface area contributed by atoms with Crippen molar-refractivity contribution in [2.24, 2.45) is 0 Å². The second-order valence-electron chi connectivity index (χ2n) is 5.85. The van der Waals surface area contributed by atoms with Gasteiger partial charge in [-0.05, 0) is 25.5 Å². The van der Waals surface area contributed by atoms with Crippen LogP contribution >= 0.6 is 0 Å². The molecule has 1 atom stereocenters. The normalized spacial score (nSPS) is 18.6. The molecular formula is C17H23N3O3S. The summed E-state index contributed by atoms with van der Waals surface area (Å²) in [6, 6.07) is 6.74. The minimum atomic E-state index is -3.09. The zero-order chi connectivity index (χ0) is 17.7. The first-order valence-electron chi connectivity index (χ1n) is 7.89. The third-order valence-corrected chi connectivity index (χ3v) is 5.95. The van der Waals surface area contributed by atoms with Gasteiger partial charge in [0.05, 0.1) is 29.4 Å². The summed E-state index contributed by atoms with van der Waals surface area (Å²) in [5.41, 5.74) is 1.57. The Kier molecular flexibility index (Phi) is 5.73. The molecular weight excluding hydrogens is 326 g/mol. The number of carbonyl (C=O) groups is 1. The van der Waals surface area contributed by atoms with Gasteiger partial charge in [-0.25, -0.2) is 13.2 Å². The van der Waals surface area contributed by atoms with E-state index >= 15 is 0 Å². The maximum absolute atomic E-state index is 12.7. The predicted octanol–water partition coefficient (Wildman–Crippen LogP) is 1.80. The molecule has 7 heteroatoms. The second-order valence-corrected chi connectivity index (χ2v) is 8.08. The summed E-state index contributed by atoms with van der Waals surface area (Å²) in [4.78, 5) is 16.1. The number of carbonyl (C=O) groups excluding carboxylic acids is 1. The topological polar surface area (TPSA) is 69.7 Å². The van der Waals surface area contributed by atoms with Crippen molar-refractivity contribution < 1.29 is 13.2 Å².